The van der Waals surface area contributed by atoms with E-state index in [0.717, 1.165) is 18.4 Å². The normalized spacial score (nSPS) is 13.4. The summed E-state index contributed by atoms with van der Waals surface area (Å²) in [6.07, 6.45) is 3.48. The Kier molecular flexibility index (Phi) is 2.88. The number of nitrogens with one attached hydrogen (secondary N) is 1. The van der Waals surface area contributed by atoms with E-state index >= 15 is 0 Å². The zero-order chi connectivity index (χ0) is 14.2. The maximum absolute atomic E-state index is 4.86. The lowest BCUT2D eigenvalue weighted by Crippen LogP contribution is -1.99. The first kappa shape index (κ1) is 12.4. The highest BCUT2D eigenvalue weighted by molar-refractivity contribution is 5.96. The molecule has 0 saturated heterocycles. The molecule has 0 amide bonds. The van der Waals surface area contributed by atoms with Crippen molar-refractivity contribution in [3.63, 3.8) is 0 Å². The average Bonchev–Trinajstić information content (AvgIpc) is 3.01. The number of aromatic nitrogens is 1. The summed E-state index contributed by atoms with van der Waals surface area (Å²) in [5, 5.41) is 4.64. The van der Waals surface area contributed by atoms with E-state index < -0.39 is 0 Å². The fraction of sp³-hybridized carbons (Fsp3) is 0.211. The summed E-state index contributed by atoms with van der Waals surface area (Å²) >= 11 is 0. The first-order valence-electron chi connectivity index (χ1n) is 7.55. The SMILES string of the molecule is CNc1c2c(nc3ccc(-c4ccccc4)cc13)CCC2. The molecule has 1 N–H and O–H groups in total. The van der Waals surface area contributed by atoms with E-state index in [-0.39, 0.29) is 0 Å². The Bertz CT molecular complexity index is 807. The third kappa shape index (κ3) is 1.99. The van der Waals surface area contributed by atoms with Crippen molar-refractivity contribution < 1.29 is 0 Å². The van der Waals surface area contributed by atoms with Crippen LogP contribution in [0.4, 0.5) is 5.69 Å². The van der Waals surface area contributed by atoms with Crippen molar-refractivity contribution in [1.29, 1.82) is 0 Å². The molecule has 0 radical (unpaired) electrons. The molecule has 104 valence electrons. The summed E-state index contributed by atoms with van der Waals surface area (Å²) in [6.45, 7) is 0. The molecule has 0 aliphatic heterocycles. The summed E-state index contributed by atoms with van der Waals surface area (Å²) in [5.41, 5.74) is 7.56. The van der Waals surface area contributed by atoms with E-state index in [2.05, 4.69) is 53.8 Å². The van der Waals surface area contributed by atoms with Crippen LogP contribution >= 0.6 is 0 Å². The zero-order valence-electron chi connectivity index (χ0n) is 12.2. The van der Waals surface area contributed by atoms with Gasteiger partial charge in [0.25, 0.3) is 0 Å². The highest BCUT2D eigenvalue weighted by atomic mass is 14.9. The van der Waals surface area contributed by atoms with Crippen molar-refractivity contribution in [3.05, 3.63) is 59.8 Å². The van der Waals surface area contributed by atoms with Gasteiger partial charge in [-0.05, 0) is 48.1 Å². The Labute approximate surface area is 124 Å². The smallest absolute Gasteiger partial charge is 0.0726 e. The van der Waals surface area contributed by atoms with Crippen LogP contribution in [-0.4, -0.2) is 12.0 Å². The lowest BCUT2D eigenvalue weighted by atomic mass is 10.0. The van der Waals surface area contributed by atoms with Crippen LogP contribution in [0.2, 0.25) is 0 Å². The van der Waals surface area contributed by atoms with Crippen LogP contribution in [0, 0.1) is 0 Å². The van der Waals surface area contributed by atoms with Crippen LogP contribution in [0.25, 0.3) is 22.0 Å². The molecule has 2 nitrogen and oxygen atoms in total. The Morgan fingerprint density at radius 1 is 0.952 bits per heavy atom. The molecule has 1 heterocycles. The molecule has 1 aliphatic carbocycles. The van der Waals surface area contributed by atoms with E-state index in [1.54, 1.807) is 0 Å². The molecular weight excluding hydrogens is 256 g/mol. The minimum absolute atomic E-state index is 1.10. The van der Waals surface area contributed by atoms with Gasteiger partial charge < -0.3 is 5.32 Å². The van der Waals surface area contributed by atoms with Crippen molar-refractivity contribution in [2.75, 3.05) is 12.4 Å². The Morgan fingerprint density at radius 3 is 2.62 bits per heavy atom. The quantitative estimate of drug-likeness (QED) is 0.747. The van der Waals surface area contributed by atoms with Gasteiger partial charge in [-0.1, -0.05) is 36.4 Å². The highest BCUT2D eigenvalue weighted by Gasteiger charge is 2.19. The van der Waals surface area contributed by atoms with Gasteiger partial charge >= 0.3 is 0 Å². The van der Waals surface area contributed by atoms with Gasteiger partial charge in [-0.15, -0.1) is 0 Å². The molecule has 1 aromatic heterocycles. The van der Waals surface area contributed by atoms with Gasteiger partial charge in [-0.2, -0.15) is 0 Å². The number of aryl methyl sites for hydroxylation is 1. The molecule has 0 bridgehead atoms. The highest BCUT2D eigenvalue weighted by Crippen LogP contribution is 2.35. The van der Waals surface area contributed by atoms with E-state index in [4.69, 9.17) is 4.98 Å². The predicted molar refractivity (Wildman–Crippen MR) is 88.8 cm³/mol. The van der Waals surface area contributed by atoms with Crippen molar-refractivity contribution >= 4 is 16.6 Å². The van der Waals surface area contributed by atoms with Gasteiger partial charge in [0.1, 0.15) is 0 Å². The molecule has 0 spiro atoms. The van der Waals surface area contributed by atoms with E-state index in [1.807, 2.05) is 7.05 Å². The van der Waals surface area contributed by atoms with Crippen molar-refractivity contribution in [1.82, 2.24) is 4.98 Å². The molecule has 3 aromatic rings. The maximum atomic E-state index is 4.86. The molecule has 1 aliphatic rings. The molecule has 21 heavy (non-hydrogen) atoms. The second-order valence-electron chi connectivity index (χ2n) is 5.61. The summed E-state index contributed by atoms with van der Waals surface area (Å²) in [5.74, 6) is 0. The zero-order valence-corrected chi connectivity index (χ0v) is 12.2. The van der Waals surface area contributed by atoms with Crippen LogP contribution in [0.5, 0.6) is 0 Å². The van der Waals surface area contributed by atoms with Gasteiger partial charge in [0, 0.05) is 23.8 Å². The molecule has 0 saturated carbocycles. The lowest BCUT2D eigenvalue weighted by molar-refractivity contribution is 0.901. The minimum Gasteiger partial charge on any atom is -0.387 e. The number of pyridine rings is 1. The summed E-state index contributed by atoms with van der Waals surface area (Å²) < 4.78 is 0. The van der Waals surface area contributed by atoms with Gasteiger partial charge in [0.05, 0.1) is 5.52 Å². The van der Waals surface area contributed by atoms with Gasteiger partial charge in [0.15, 0.2) is 0 Å². The molecular formula is C19H18N2. The third-order valence-electron chi connectivity index (χ3n) is 4.37. The monoisotopic (exact) mass is 274 g/mol. The van der Waals surface area contributed by atoms with Crippen molar-refractivity contribution in [3.8, 4) is 11.1 Å². The number of hydrogen-bond acceptors (Lipinski definition) is 2. The lowest BCUT2D eigenvalue weighted by Gasteiger charge is -2.13. The number of fused-ring (bicyclic) bond motifs is 2. The van der Waals surface area contributed by atoms with E-state index in [1.165, 1.54) is 39.9 Å². The average molecular weight is 274 g/mol. The number of anilines is 1. The van der Waals surface area contributed by atoms with Gasteiger partial charge in [-0.3, -0.25) is 4.98 Å². The number of hydrogen-bond donors (Lipinski definition) is 1. The molecule has 0 atom stereocenters. The summed E-state index contributed by atoms with van der Waals surface area (Å²) in [4.78, 5) is 4.86. The summed E-state index contributed by atoms with van der Waals surface area (Å²) in [7, 11) is 2.02. The number of rotatable bonds is 2. The minimum atomic E-state index is 1.10. The summed E-state index contributed by atoms with van der Waals surface area (Å²) in [6, 6.07) is 17.1. The number of nitrogens with zero attached hydrogens (tertiary/aromatic N) is 1. The van der Waals surface area contributed by atoms with Crippen molar-refractivity contribution in [2.24, 2.45) is 0 Å². The number of benzene rings is 2. The van der Waals surface area contributed by atoms with E-state index in [9.17, 15) is 0 Å². The topological polar surface area (TPSA) is 24.9 Å². The second kappa shape index (κ2) is 4.88. The Morgan fingerprint density at radius 2 is 1.81 bits per heavy atom. The Hall–Kier alpha value is -2.35. The van der Waals surface area contributed by atoms with Crippen LogP contribution in [0.3, 0.4) is 0 Å². The predicted octanol–water partition coefficient (Wildman–Crippen LogP) is 4.43. The molecule has 2 aromatic carbocycles. The fourth-order valence-corrected chi connectivity index (χ4v) is 3.36. The van der Waals surface area contributed by atoms with Gasteiger partial charge in [0.2, 0.25) is 0 Å². The second-order valence-corrected chi connectivity index (χ2v) is 5.61. The Balaban J connectivity index is 1.97. The third-order valence-corrected chi connectivity index (χ3v) is 4.37. The molecule has 2 heteroatoms. The molecule has 0 unspecified atom stereocenters. The van der Waals surface area contributed by atoms with Crippen LogP contribution in [0.15, 0.2) is 48.5 Å². The standard InChI is InChI=1S/C19H18N2/c1-20-19-15-8-5-9-17(15)21-18-11-10-14(12-16(18)19)13-6-3-2-4-7-13/h2-4,6-7,10-12H,5,8-9H2,1H3,(H,20,21). The van der Waals surface area contributed by atoms with Crippen molar-refractivity contribution in [2.45, 2.75) is 19.3 Å². The van der Waals surface area contributed by atoms with Crippen LogP contribution in [0.1, 0.15) is 17.7 Å². The fourth-order valence-electron chi connectivity index (χ4n) is 3.36. The molecule has 4 rings (SSSR count). The maximum Gasteiger partial charge on any atom is 0.0726 e. The largest absolute Gasteiger partial charge is 0.387 e. The first-order chi connectivity index (χ1) is 10.4. The first-order valence-corrected chi connectivity index (χ1v) is 7.55. The molecule has 0 fully saturated rings. The van der Waals surface area contributed by atoms with Crippen LogP contribution in [-0.2, 0) is 12.8 Å². The van der Waals surface area contributed by atoms with Crippen LogP contribution < -0.4 is 5.32 Å². The van der Waals surface area contributed by atoms with Gasteiger partial charge in [-0.25, -0.2) is 0 Å². The van der Waals surface area contributed by atoms with E-state index in [0.29, 0.717) is 0 Å².